The normalized spacial score (nSPS) is 11.3. The highest BCUT2D eigenvalue weighted by molar-refractivity contribution is 9.10. The van der Waals surface area contributed by atoms with Gasteiger partial charge in [0.15, 0.2) is 0 Å². The van der Waals surface area contributed by atoms with Gasteiger partial charge in [0.1, 0.15) is 0 Å². The third-order valence-electron chi connectivity index (χ3n) is 2.57. The Balaban J connectivity index is 2.27. The molecular formula is C14H8Br2F3NO. The summed E-state index contributed by atoms with van der Waals surface area (Å²) in [6.07, 6.45) is -4.47. The molecule has 0 unspecified atom stereocenters. The van der Waals surface area contributed by atoms with Crippen molar-refractivity contribution < 1.29 is 18.0 Å². The maximum atomic E-state index is 12.7. The Morgan fingerprint density at radius 1 is 1.00 bits per heavy atom. The number of carbonyl (C=O) groups is 1. The van der Waals surface area contributed by atoms with Crippen LogP contribution in [0.5, 0.6) is 0 Å². The fourth-order valence-corrected chi connectivity index (χ4v) is 2.55. The van der Waals surface area contributed by atoms with Gasteiger partial charge < -0.3 is 5.32 Å². The van der Waals surface area contributed by atoms with Crippen molar-refractivity contribution >= 4 is 43.5 Å². The molecule has 0 aromatic heterocycles. The molecule has 0 radical (unpaired) electrons. The van der Waals surface area contributed by atoms with Crippen LogP contribution in [-0.2, 0) is 6.18 Å². The van der Waals surface area contributed by atoms with Crippen LogP contribution in [0.25, 0.3) is 0 Å². The topological polar surface area (TPSA) is 29.1 Å². The second-order valence-electron chi connectivity index (χ2n) is 4.19. The molecule has 7 heteroatoms. The molecule has 2 nitrogen and oxygen atoms in total. The minimum absolute atomic E-state index is 0.0710. The van der Waals surface area contributed by atoms with Crippen LogP contribution in [0.1, 0.15) is 15.9 Å². The van der Waals surface area contributed by atoms with Crippen molar-refractivity contribution in [1.82, 2.24) is 0 Å². The Hall–Kier alpha value is -1.34. The van der Waals surface area contributed by atoms with Crippen molar-refractivity contribution in [3.63, 3.8) is 0 Å². The number of amides is 1. The molecule has 0 fully saturated rings. The van der Waals surface area contributed by atoms with E-state index in [1.165, 1.54) is 6.07 Å². The van der Waals surface area contributed by atoms with Gasteiger partial charge in [0, 0.05) is 20.2 Å². The van der Waals surface area contributed by atoms with E-state index in [1.54, 1.807) is 24.3 Å². The lowest BCUT2D eigenvalue weighted by molar-refractivity contribution is -0.137. The van der Waals surface area contributed by atoms with Gasteiger partial charge in [0.05, 0.1) is 5.56 Å². The molecule has 2 rings (SSSR count). The van der Waals surface area contributed by atoms with Gasteiger partial charge in [-0.1, -0.05) is 37.9 Å². The van der Waals surface area contributed by atoms with E-state index in [0.29, 0.717) is 10.0 Å². The van der Waals surface area contributed by atoms with Crippen molar-refractivity contribution in [3.8, 4) is 0 Å². The van der Waals surface area contributed by atoms with E-state index >= 15 is 0 Å². The SMILES string of the molecule is O=C(Nc1cc(Br)cc(C(F)(F)F)c1)c1cccc(Br)c1. The van der Waals surface area contributed by atoms with Crippen molar-refractivity contribution in [2.75, 3.05) is 5.32 Å². The van der Waals surface area contributed by atoms with Crippen LogP contribution < -0.4 is 5.32 Å². The van der Waals surface area contributed by atoms with Gasteiger partial charge in [0.2, 0.25) is 0 Å². The summed E-state index contributed by atoms with van der Waals surface area (Å²) < 4.78 is 39.1. The molecule has 0 heterocycles. The summed E-state index contributed by atoms with van der Waals surface area (Å²) in [6.45, 7) is 0. The predicted molar refractivity (Wildman–Crippen MR) is 81.2 cm³/mol. The summed E-state index contributed by atoms with van der Waals surface area (Å²) >= 11 is 6.23. The van der Waals surface area contributed by atoms with E-state index in [4.69, 9.17) is 0 Å². The average molecular weight is 423 g/mol. The highest BCUT2D eigenvalue weighted by atomic mass is 79.9. The maximum Gasteiger partial charge on any atom is 0.416 e. The first-order chi connectivity index (χ1) is 9.75. The highest BCUT2D eigenvalue weighted by Crippen LogP contribution is 2.33. The number of halogens is 5. The van der Waals surface area contributed by atoms with E-state index in [9.17, 15) is 18.0 Å². The molecule has 0 aliphatic carbocycles. The standard InChI is InChI=1S/C14H8Br2F3NO/c15-10-3-1-2-8(4-10)13(21)20-12-6-9(14(17,18)19)5-11(16)7-12/h1-7H,(H,20,21). The molecule has 110 valence electrons. The monoisotopic (exact) mass is 421 g/mol. The first-order valence-corrected chi connectivity index (χ1v) is 7.29. The van der Waals surface area contributed by atoms with Crippen molar-refractivity contribution in [1.29, 1.82) is 0 Å². The smallest absolute Gasteiger partial charge is 0.322 e. The van der Waals surface area contributed by atoms with Gasteiger partial charge in [-0.2, -0.15) is 13.2 Å². The molecule has 0 saturated carbocycles. The Morgan fingerprint density at radius 3 is 2.33 bits per heavy atom. The Morgan fingerprint density at radius 2 is 1.71 bits per heavy atom. The molecule has 1 amide bonds. The Kier molecular flexibility index (Phi) is 4.73. The number of rotatable bonds is 2. The van der Waals surface area contributed by atoms with Crippen LogP contribution in [0.2, 0.25) is 0 Å². The number of nitrogens with one attached hydrogen (secondary N) is 1. The molecule has 21 heavy (non-hydrogen) atoms. The summed E-state index contributed by atoms with van der Waals surface area (Å²) in [6, 6.07) is 9.82. The molecule has 2 aromatic rings. The molecule has 0 saturated heterocycles. The van der Waals surface area contributed by atoms with E-state index in [2.05, 4.69) is 37.2 Å². The number of anilines is 1. The fourth-order valence-electron chi connectivity index (χ4n) is 1.66. The minimum Gasteiger partial charge on any atom is -0.322 e. The third-order valence-corrected chi connectivity index (χ3v) is 3.52. The average Bonchev–Trinajstić information content (AvgIpc) is 2.37. The van der Waals surface area contributed by atoms with Gasteiger partial charge in [-0.05, 0) is 36.4 Å². The van der Waals surface area contributed by atoms with Gasteiger partial charge >= 0.3 is 6.18 Å². The first kappa shape index (κ1) is 16.0. The van der Waals surface area contributed by atoms with Gasteiger partial charge in [-0.25, -0.2) is 0 Å². The minimum atomic E-state index is -4.47. The molecule has 1 N–H and O–H groups in total. The summed E-state index contributed by atoms with van der Waals surface area (Å²) in [5.74, 6) is -0.484. The van der Waals surface area contributed by atoms with Crippen molar-refractivity contribution in [2.45, 2.75) is 6.18 Å². The van der Waals surface area contributed by atoms with Crippen LogP contribution in [0.3, 0.4) is 0 Å². The maximum absolute atomic E-state index is 12.7. The van der Waals surface area contributed by atoms with Crippen molar-refractivity contribution in [2.24, 2.45) is 0 Å². The lowest BCUT2D eigenvalue weighted by Gasteiger charge is -2.11. The van der Waals surface area contributed by atoms with Crippen LogP contribution in [0.4, 0.5) is 18.9 Å². The lowest BCUT2D eigenvalue weighted by Crippen LogP contribution is -2.13. The Bertz CT molecular complexity index is 686. The summed E-state index contributed by atoms with van der Waals surface area (Å²) in [5, 5.41) is 2.45. The first-order valence-electron chi connectivity index (χ1n) is 5.70. The molecule has 0 bridgehead atoms. The van der Waals surface area contributed by atoms with Gasteiger partial charge in [-0.3, -0.25) is 4.79 Å². The van der Waals surface area contributed by atoms with Crippen LogP contribution in [0, 0.1) is 0 Å². The lowest BCUT2D eigenvalue weighted by atomic mass is 10.1. The number of hydrogen-bond donors (Lipinski definition) is 1. The predicted octanol–water partition coefficient (Wildman–Crippen LogP) is 5.48. The Labute approximate surface area is 135 Å². The largest absolute Gasteiger partial charge is 0.416 e. The number of benzene rings is 2. The molecule has 0 atom stereocenters. The third kappa shape index (κ3) is 4.31. The van der Waals surface area contributed by atoms with Crippen LogP contribution >= 0.6 is 31.9 Å². The second-order valence-corrected chi connectivity index (χ2v) is 6.02. The van der Waals surface area contributed by atoms with E-state index < -0.39 is 17.6 Å². The fraction of sp³-hybridized carbons (Fsp3) is 0.0714. The van der Waals surface area contributed by atoms with Crippen molar-refractivity contribution in [3.05, 3.63) is 62.5 Å². The van der Waals surface area contributed by atoms with Crippen LogP contribution in [0.15, 0.2) is 51.4 Å². The van der Waals surface area contributed by atoms with E-state index in [0.717, 1.165) is 12.1 Å². The molecule has 2 aromatic carbocycles. The quantitative estimate of drug-likeness (QED) is 0.681. The molecule has 0 aliphatic rings. The zero-order valence-corrected chi connectivity index (χ0v) is 13.5. The van der Waals surface area contributed by atoms with Gasteiger partial charge in [0.25, 0.3) is 5.91 Å². The number of alkyl halides is 3. The summed E-state index contributed by atoms with van der Waals surface area (Å²) in [5.41, 5.74) is -0.416. The summed E-state index contributed by atoms with van der Waals surface area (Å²) in [4.78, 5) is 12.0. The summed E-state index contributed by atoms with van der Waals surface area (Å²) in [7, 11) is 0. The highest BCUT2D eigenvalue weighted by Gasteiger charge is 2.31. The van der Waals surface area contributed by atoms with Crippen LogP contribution in [-0.4, -0.2) is 5.91 Å². The zero-order chi connectivity index (χ0) is 15.6. The zero-order valence-electron chi connectivity index (χ0n) is 10.3. The number of hydrogen-bond acceptors (Lipinski definition) is 1. The number of carbonyl (C=O) groups excluding carboxylic acids is 1. The second kappa shape index (κ2) is 6.19. The molecular weight excluding hydrogens is 415 g/mol. The van der Waals surface area contributed by atoms with Gasteiger partial charge in [-0.15, -0.1) is 0 Å². The molecule has 0 spiro atoms. The molecule has 0 aliphatic heterocycles. The van der Waals surface area contributed by atoms with E-state index in [1.807, 2.05) is 0 Å². The van der Waals surface area contributed by atoms with E-state index in [-0.39, 0.29) is 10.2 Å².